The second kappa shape index (κ2) is 8.41. The average Bonchev–Trinajstić information content (AvgIpc) is 2.59. The second-order valence-electron chi connectivity index (χ2n) is 7.29. The predicted octanol–water partition coefficient (Wildman–Crippen LogP) is 3.17. The molecule has 1 fully saturated rings. The maximum Gasteiger partial charge on any atom is 0.410 e. The first kappa shape index (κ1) is 20.7. The molecule has 1 aliphatic heterocycles. The van der Waals surface area contributed by atoms with Gasteiger partial charge < -0.3 is 19.3 Å². The Balaban J connectivity index is 2.00. The number of pyridine rings is 1. The smallest absolute Gasteiger partial charge is 0.410 e. The quantitative estimate of drug-likeness (QED) is 0.629. The molecule has 0 spiro atoms. The number of ether oxygens (including phenoxy) is 2. The molecule has 7 nitrogen and oxygen atoms in total. The van der Waals surface area contributed by atoms with E-state index >= 15 is 0 Å². The highest BCUT2D eigenvalue weighted by molar-refractivity contribution is 14.1. The van der Waals surface area contributed by atoms with Crippen molar-refractivity contribution in [2.45, 2.75) is 45.3 Å². The number of hydrogen-bond acceptors (Lipinski definition) is 5. The van der Waals surface area contributed by atoms with Crippen LogP contribution in [0.15, 0.2) is 12.3 Å². The van der Waals surface area contributed by atoms with Crippen molar-refractivity contribution in [2.24, 2.45) is 0 Å². The minimum atomic E-state index is -0.518. The summed E-state index contributed by atoms with van der Waals surface area (Å²) in [5.74, 6) is 0.257. The molecule has 0 aromatic carbocycles. The number of amides is 2. The van der Waals surface area contributed by atoms with Crippen LogP contribution in [0.25, 0.3) is 0 Å². The van der Waals surface area contributed by atoms with Crippen molar-refractivity contribution in [1.29, 1.82) is 0 Å². The van der Waals surface area contributed by atoms with E-state index in [2.05, 4.69) is 27.6 Å². The molecule has 0 unspecified atom stereocenters. The Hall–Kier alpha value is -1.58. The highest BCUT2D eigenvalue weighted by Gasteiger charge is 2.31. The third-order valence-electron chi connectivity index (χ3n) is 4.25. The first-order chi connectivity index (χ1) is 12.1. The lowest BCUT2D eigenvalue weighted by atomic mass is 10.0. The van der Waals surface area contributed by atoms with E-state index in [0.717, 1.165) is 3.57 Å². The van der Waals surface area contributed by atoms with Crippen LogP contribution >= 0.6 is 22.6 Å². The Bertz CT molecular complexity index is 667. The highest BCUT2D eigenvalue weighted by Crippen LogP contribution is 2.25. The Labute approximate surface area is 168 Å². The van der Waals surface area contributed by atoms with Gasteiger partial charge in [0.15, 0.2) is 0 Å². The van der Waals surface area contributed by atoms with Crippen LogP contribution in [0.2, 0.25) is 0 Å². The van der Waals surface area contributed by atoms with Gasteiger partial charge in [0.2, 0.25) is 5.88 Å². The molecule has 0 atom stereocenters. The summed E-state index contributed by atoms with van der Waals surface area (Å²) >= 11 is 2.12. The molecule has 2 amide bonds. The summed E-state index contributed by atoms with van der Waals surface area (Å²) in [4.78, 5) is 32.7. The van der Waals surface area contributed by atoms with Gasteiger partial charge in [-0.15, -0.1) is 0 Å². The predicted molar refractivity (Wildman–Crippen MR) is 106 cm³/mol. The first-order valence-corrected chi connectivity index (χ1v) is 9.65. The lowest BCUT2D eigenvalue weighted by Gasteiger charge is -2.37. The van der Waals surface area contributed by atoms with Crippen molar-refractivity contribution < 1.29 is 19.1 Å². The Kier molecular flexibility index (Phi) is 6.70. The zero-order valence-electron chi connectivity index (χ0n) is 15.9. The van der Waals surface area contributed by atoms with Gasteiger partial charge in [-0.3, -0.25) is 4.79 Å². The molecule has 26 heavy (non-hydrogen) atoms. The van der Waals surface area contributed by atoms with E-state index in [9.17, 15) is 9.59 Å². The third kappa shape index (κ3) is 4.99. The van der Waals surface area contributed by atoms with E-state index in [1.165, 1.54) is 7.11 Å². The van der Waals surface area contributed by atoms with Crippen LogP contribution in [0.4, 0.5) is 4.79 Å². The van der Waals surface area contributed by atoms with E-state index in [1.54, 1.807) is 29.1 Å². The molecule has 1 aromatic rings. The molecule has 0 saturated carbocycles. The number of carbonyl (C=O) groups excluding carboxylic acids is 2. The number of piperidine rings is 1. The fraction of sp³-hybridized carbons (Fsp3) is 0.611. The minimum Gasteiger partial charge on any atom is -0.480 e. The standard InChI is InChI=1S/C18H26IN3O4/c1-18(2,3)26-17(24)21(4)12-7-10-22(11-8-12)16(23)14-13(19)6-9-20-15(14)25-5/h6,9,12H,7-8,10-11H2,1-5H3. The van der Waals surface area contributed by atoms with Crippen molar-refractivity contribution in [3.63, 3.8) is 0 Å². The van der Waals surface area contributed by atoms with Crippen LogP contribution in [0, 0.1) is 3.57 Å². The van der Waals surface area contributed by atoms with Crippen molar-refractivity contribution in [3.8, 4) is 5.88 Å². The maximum absolute atomic E-state index is 12.9. The lowest BCUT2D eigenvalue weighted by molar-refractivity contribution is 0.0155. The van der Waals surface area contributed by atoms with Crippen LogP contribution in [0.5, 0.6) is 5.88 Å². The molecule has 0 N–H and O–H groups in total. The van der Waals surface area contributed by atoms with Gasteiger partial charge in [0.05, 0.1) is 7.11 Å². The van der Waals surface area contributed by atoms with Gasteiger partial charge in [-0.1, -0.05) is 0 Å². The van der Waals surface area contributed by atoms with Gasteiger partial charge in [-0.25, -0.2) is 9.78 Å². The summed E-state index contributed by atoms with van der Waals surface area (Å²) in [6.45, 7) is 6.70. The fourth-order valence-electron chi connectivity index (χ4n) is 2.87. The number of aromatic nitrogens is 1. The van der Waals surface area contributed by atoms with Gasteiger partial charge in [0, 0.05) is 35.9 Å². The van der Waals surface area contributed by atoms with E-state index in [1.807, 2.05) is 20.8 Å². The molecular formula is C18H26IN3O4. The van der Waals surface area contributed by atoms with Crippen molar-refractivity contribution in [3.05, 3.63) is 21.4 Å². The van der Waals surface area contributed by atoms with Crippen molar-refractivity contribution in [1.82, 2.24) is 14.8 Å². The summed E-state index contributed by atoms with van der Waals surface area (Å²) in [5.41, 5.74) is -0.0233. The van der Waals surface area contributed by atoms with E-state index < -0.39 is 5.60 Å². The molecule has 1 aliphatic rings. The van der Waals surface area contributed by atoms with Crippen LogP contribution < -0.4 is 4.74 Å². The van der Waals surface area contributed by atoms with Gasteiger partial charge in [-0.2, -0.15) is 0 Å². The molecular weight excluding hydrogens is 449 g/mol. The number of likely N-dealkylation sites (tertiary alicyclic amines) is 1. The largest absolute Gasteiger partial charge is 0.480 e. The molecule has 2 rings (SSSR count). The fourth-order valence-corrected chi connectivity index (χ4v) is 3.49. The summed E-state index contributed by atoms with van der Waals surface area (Å²) < 4.78 is 11.5. The summed E-state index contributed by atoms with van der Waals surface area (Å²) in [6.07, 6.45) is 2.71. The number of hydrogen-bond donors (Lipinski definition) is 0. The number of methoxy groups -OCH3 is 1. The van der Waals surface area contributed by atoms with E-state index in [-0.39, 0.29) is 18.0 Å². The molecule has 8 heteroatoms. The zero-order valence-corrected chi connectivity index (χ0v) is 18.1. The first-order valence-electron chi connectivity index (χ1n) is 8.57. The van der Waals surface area contributed by atoms with Crippen molar-refractivity contribution in [2.75, 3.05) is 27.2 Å². The molecule has 0 bridgehead atoms. The number of halogens is 1. The normalized spacial score (nSPS) is 15.5. The van der Waals surface area contributed by atoms with E-state index in [4.69, 9.17) is 9.47 Å². The lowest BCUT2D eigenvalue weighted by Crippen LogP contribution is -2.48. The van der Waals surface area contributed by atoms with Crippen LogP contribution in [-0.4, -0.2) is 65.7 Å². The SMILES string of the molecule is COc1nccc(I)c1C(=O)N1CCC(N(C)C(=O)OC(C)(C)C)CC1. The number of carbonyl (C=O) groups is 2. The Morgan fingerprint density at radius 2 is 1.92 bits per heavy atom. The molecule has 144 valence electrons. The Morgan fingerprint density at radius 3 is 2.46 bits per heavy atom. The number of nitrogens with zero attached hydrogens (tertiary/aromatic N) is 3. The minimum absolute atomic E-state index is 0.0590. The van der Waals surface area contributed by atoms with Crippen molar-refractivity contribution >= 4 is 34.6 Å². The molecule has 2 heterocycles. The molecule has 1 saturated heterocycles. The van der Waals surface area contributed by atoms with Gasteiger partial charge in [-0.05, 0) is 62.3 Å². The molecule has 0 aliphatic carbocycles. The maximum atomic E-state index is 12.9. The van der Waals surface area contributed by atoms with E-state index in [0.29, 0.717) is 37.4 Å². The summed E-state index contributed by atoms with van der Waals surface area (Å²) in [6, 6.07) is 1.85. The molecule has 0 radical (unpaired) electrons. The van der Waals surface area contributed by atoms with Gasteiger partial charge in [0.25, 0.3) is 5.91 Å². The second-order valence-corrected chi connectivity index (χ2v) is 8.45. The number of rotatable bonds is 3. The highest BCUT2D eigenvalue weighted by atomic mass is 127. The van der Waals surface area contributed by atoms with Gasteiger partial charge >= 0.3 is 6.09 Å². The summed E-state index contributed by atoms with van der Waals surface area (Å²) in [7, 11) is 3.26. The Morgan fingerprint density at radius 1 is 1.31 bits per heavy atom. The summed E-state index contributed by atoms with van der Waals surface area (Å²) in [5, 5.41) is 0. The molecule has 1 aromatic heterocycles. The monoisotopic (exact) mass is 475 g/mol. The van der Waals surface area contributed by atoms with Gasteiger partial charge in [0.1, 0.15) is 11.2 Å². The average molecular weight is 475 g/mol. The topological polar surface area (TPSA) is 72.0 Å². The van der Waals surface area contributed by atoms with Crippen LogP contribution in [-0.2, 0) is 4.74 Å². The third-order valence-corrected chi connectivity index (χ3v) is 5.15. The van der Waals surface area contributed by atoms with Crippen LogP contribution in [0.3, 0.4) is 0 Å². The van der Waals surface area contributed by atoms with Crippen LogP contribution in [0.1, 0.15) is 44.0 Å². The zero-order chi connectivity index (χ0) is 19.5.